The van der Waals surface area contributed by atoms with Crippen molar-refractivity contribution in [1.82, 2.24) is 25.5 Å². The van der Waals surface area contributed by atoms with Crippen LogP contribution in [-0.2, 0) is 13.5 Å². The van der Waals surface area contributed by atoms with Gasteiger partial charge in [-0.25, -0.2) is 0 Å². The maximum Gasteiger partial charge on any atom is 0.175 e. The van der Waals surface area contributed by atoms with Gasteiger partial charge in [0, 0.05) is 6.42 Å². The van der Waals surface area contributed by atoms with Gasteiger partial charge in [0.05, 0.1) is 7.05 Å². The van der Waals surface area contributed by atoms with Crippen LogP contribution in [0, 0.1) is 23.7 Å². The number of nitrogens with zero attached hydrogens (tertiary/aromatic N) is 4. The number of nitrogens with one attached hydrogen (secondary N) is 1. The molecule has 0 radical (unpaired) electrons. The van der Waals surface area contributed by atoms with E-state index < -0.39 is 0 Å². The Balaban J connectivity index is 1.92. The Hall–Kier alpha value is -0.970. The van der Waals surface area contributed by atoms with Crippen LogP contribution in [0.4, 0.5) is 0 Å². The number of aryl methyl sites for hydroxylation is 1. The Kier molecular flexibility index (Phi) is 6.15. The van der Waals surface area contributed by atoms with Crippen LogP contribution >= 0.6 is 0 Å². The summed E-state index contributed by atoms with van der Waals surface area (Å²) in [4.78, 5) is 1.57. The van der Waals surface area contributed by atoms with Gasteiger partial charge in [-0.1, -0.05) is 33.6 Å². The van der Waals surface area contributed by atoms with E-state index >= 15 is 0 Å². The van der Waals surface area contributed by atoms with Crippen LogP contribution < -0.4 is 5.32 Å². The Labute approximate surface area is 128 Å². The third-order valence-corrected chi connectivity index (χ3v) is 4.78. The van der Waals surface area contributed by atoms with E-state index in [-0.39, 0.29) is 0 Å². The average Bonchev–Trinajstić information content (AvgIpc) is 2.85. The number of hydrogen-bond acceptors (Lipinski definition) is 4. The second-order valence-electron chi connectivity index (χ2n) is 7.06. The van der Waals surface area contributed by atoms with Crippen molar-refractivity contribution >= 4 is 0 Å². The fraction of sp³-hybridized carbons (Fsp3) is 0.938. The van der Waals surface area contributed by atoms with Gasteiger partial charge in [0.25, 0.3) is 0 Å². The predicted molar refractivity (Wildman–Crippen MR) is 84.8 cm³/mol. The molecule has 0 aromatic carbocycles. The van der Waals surface area contributed by atoms with E-state index in [0.717, 1.165) is 43.1 Å². The van der Waals surface area contributed by atoms with Crippen LogP contribution in [-0.4, -0.2) is 33.3 Å². The molecule has 0 bridgehead atoms. The maximum atomic E-state index is 4.37. The maximum absolute atomic E-state index is 4.37. The monoisotopic (exact) mass is 293 g/mol. The first-order valence-electron chi connectivity index (χ1n) is 8.52. The molecule has 0 amide bonds. The molecule has 1 aromatic rings. The lowest BCUT2D eigenvalue weighted by Gasteiger charge is -2.36. The summed E-state index contributed by atoms with van der Waals surface area (Å²) in [6, 6.07) is 0. The largest absolute Gasteiger partial charge is 0.316 e. The molecule has 5 heteroatoms. The van der Waals surface area contributed by atoms with E-state index in [4.69, 9.17) is 0 Å². The zero-order valence-corrected chi connectivity index (χ0v) is 14.0. The Bertz CT molecular complexity index is 415. The summed E-state index contributed by atoms with van der Waals surface area (Å²) in [5.74, 6) is 3.97. The quantitative estimate of drug-likeness (QED) is 0.839. The van der Waals surface area contributed by atoms with E-state index in [1.165, 1.54) is 25.7 Å². The topological polar surface area (TPSA) is 55.6 Å². The Morgan fingerprint density at radius 3 is 2.71 bits per heavy atom. The van der Waals surface area contributed by atoms with E-state index in [1.54, 1.807) is 4.80 Å². The van der Waals surface area contributed by atoms with Crippen molar-refractivity contribution in [2.45, 2.75) is 52.9 Å². The van der Waals surface area contributed by atoms with Crippen LogP contribution in [0.5, 0.6) is 0 Å². The van der Waals surface area contributed by atoms with Gasteiger partial charge in [0.15, 0.2) is 5.82 Å². The number of tetrazole rings is 1. The van der Waals surface area contributed by atoms with E-state index in [1.807, 2.05) is 7.05 Å². The van der Waals surface area contributed by atoms with E-state index in [2.05, 4.69) is 41.5 Å². The first kappa shape index (κ1) is 16.4. The standard InChI is InChI=1S/C16H31N5/c1-5-13-6-7-14(11-17-10-12(2)3)15(8-13)9-16-18-20-21(4)19-16/h12-15,17H,5-11H2,1-4H3. The molecule has 0 spiro atoms. The van der Waals surface area contributed by atoms with E-state index in [0.29, 0.717) is 5.92 Å². The summed E-state index contributed by atoms with van der Waals surface area (Å²) in [7, 11) is 1.84. The molecule has 2 rings (SSSR count). The zero-order chi connectivity index (χ0) is 15.2. The number of hydrogen-bond donors (Lipinski definition) is 1. The molecular formula is C16H31N5. The van der Waals surface area contributed by atoms with Crippen LogP contribution in [0.15, 0.2) is 0 Å². The van der Waals surface area contributed by atoms with Crippen LogP contribution in [0.25, 0.3) is 0 Å². The van der Waals surface area contributed by atoms with Crippen LogP contribution in [0.1, 0.15) is 52.3 Å². The molecule has 3 atom stereocenters. The molecule has 1 saturated carbocycles. The number of rotatable bonds is 7. The second kappa shape index (κ2) is 7.87. The minimum Gasteiger partial charge on any atom is -0.316 e. The molecule has 21 heavy (non-hydrogen) atoms. The SMILES string of the molecule is CCC1CCC(CNCC(C)C)C(Cc2nnn(C)n2)C1. The van der Waals surface area contributed by atoms with Gasteiger partial charge < -0.3 is 5.32 Å². The first-order valence-corrected chi connectivity index (χ1v) is 8.52. The van der Waals surface area contributed by atoms with Crippen LogP contribution in [0.3, 0.4) is 0 Å². The first-order chi connectivity index (χ1) is 10.1. The lowest BCUT2D eigenvalue weighted by Crippen LogP contribution is -2.35. The highest BCUT2D eigenvalue weighted by molar-refractivity contribution is 4.89. The van der Waals surface area contributed by atoms with Crippen molar-refractivity contribution < 1.29 is 0 Å². The minimum absolute atomic E-state index is 0.701. The molecule has 0 saturated heterocycles. The van der Waals surface area contributed by atoms with Crippen molar-refractivity contribution in [3.63, 3.8) is 0 Å². The zero-order valence-electron chi connectivity index (χ0n) is 14.0. The predicted octanol–water partition coefficient (Wildman–Crippen LogP) is 2.44. The highest BCUT2D eigenvalue weighted by atomic mass is 15.6. The lowest BCUT2D eigenvalue weighted by molar-refractivity contribution is 0.168. The van der Waals surface area contributed by atoms with Crippen molar-refractivity contribution in [3.05, 3.63) is 5.82 Å². The summed E-state index contributed by atoms with van der Waals surface area (Å²) >= 11 is 0. The van der Waals surface area contributed by atoms with Gasteiger partial charge in [-0.05, 0) is 54.8 Å². The molecular weight excluding hydrogens is 262 g/mol. The molecule has 120 valence electrons. The van der Waals surface area contributed by atoms with Gasteiger partial charge in [-0.2, -0.15) is 4.80 Å². The highest BCUT2D eigenvalue weighted by Crippen LogP contribution is 2.36. The van der Waals surface area contributed by atoms with Crippen molar-refractivity contribution in [2.24, 2.45) is 30.7 Å². The van der Waals surface area contributed by atoms with Crippen molar-refractivity contribution in [2.75, 3.05) is 13.1 Å². The van der Waals surface area contributed by atoms with Crippen molar-refractivity contribution in [3.8, 4) is 0 Å². The van der Waals surface area contributed by atoms with E-state index in [9.17, 15) is 0 Å². The third kappa shape index (κ3) is 5.06. The summed E-state index contributed by atoms with van der Waals surface area (Å²) < 4.78 is 0. The Morgan fingerprint density at radius 2 is 2.10 bits per heavy atom. The molecule has 1 aromatic heterocycles. The smallest absolute Gasteiger partial charge is 0.175 e. The summed E-state index contributed by atoms with van der Waals surface area (Å²) in [5.41, 5.74) is 0. The van der Waals surface area contributed by atoms with Gasteiger partial charge in [0.2, 0.25) is 0 Å². The van der Waals surface area contributed by atoms with Gasteiger partial charge in [-0.3, -0.25) is 0 Å². The normalized spacial score (nSPS) is 26.4. The average molecular weight is 293 g/mol. The van der Waals surface area contributed by atoms with Crippen LogP contribution in [0.2, 0.25) is 0 Å². The fourth-order valence-corrected chi connectivity index (χ4v) is 3.51. The summed E-state index contributed by atoms with van der Waals surface area (Å²) in [6.07, 6.45) is 6.33. The molecule has 1 fully saturated rings. The number of aromatic nitrogens is 4. The molecule has 0 aliphatic heterocycles. The molecule has 5 nitrogen and oxygen atoms in total. The van der Waals surface area contributed by atoms with Gasteiger partial charge in [-0.15, -0.1) is 10.2 Å². The van der Waals surface area contributed by atoms with Gasteiger partial charge >= 0.3 is 0 Å². The third-order valence-electron chi connectivity index (χ3n) is 4.78. The van der Waals surface area contributed by atoms with Crippen molar-refractivity contribution in [1.29, 1.82) is 0 Å². The Morgan fingerprint density at radius 1 is 1.29 bits per heavy atom. The highest BCUT2D eigenvalue weighted by Gasteiger charge is 2.30. The molecule has 1 aliphatic carbocycles. The molecule has 3 unspecified atom stereocenters. The summed E-state index contributed by atoms with van der Waals surface area (Å²) in [5, 5.41) is 16.2. The fourth-order valence-electron chi connectivity index (χ4n) is 3.51. The summed E-state index contributed by atoms with van der Waals surface area (Å²) in [6.45, 7) is 9.10. The lowest BCUT2D eigenvalue weighted by atomic mass is 9.71. The molecule has 1 N–H and O–H groups in total. The minimum atomic E-state index is 0.701. The molecule has 1 heterocycles. The van der Waals surface area contributed by atoms with Gasteiger partial charge in [0.1, 0.15) is 0 Å². The second-order valence-corrected chi connectivity index (χ2v) is 7.06. The molecule has 1 aliphatic rings.